The average Bonchev–Trinajstić information content (AvgIpc) is 2.69. The Kier molecular flexibility index (Phi) is 6.31. The van der Waals surface area contributed by atoms with Crippen molar-refractivity contribution in [1.29, 1.82) is 0 Å². The van der Waals surface area contributed by atoms with Gasteiger partial charge >= 0.3 is 0 Å². The minimum atomic E-state index is -0.295. The van der Waals surface area contributed by atoms with Crippen molar-refractivity contribution in [2.75, 3.05) is 24.5 Å². The van der Waals surface area contributed by atoms with Gasteiger partial charge in [-0.2, -0.15) is 0 Å². The first kappa shape index (κ1) is 19.2. The lowest BCUT2D eigenvalue weighted by atomic mass is 9.95. The maximum atomic E-state index is 13.1. The van der Waals surface area contributed by atoms with Crippen LogP contribution in [0, 0.1) is 24.1 Å². The highest BCUT2D eigenvalue weighted by molar-refractivity contribution is 6.30. The molecule has 0 spiro atoms. The van der Waals surface area contributed by atoms with Crippen LogP contribution in [-0.2, 0) is 11.3 Å². The highest BCUT2D eigenvalue weighted by atomic mass is 35.5. The molecule has 0 bridgehead atoms. The number of nitrogens with zero attached hydrogens (tertiary/aromatic N) is 3. The molecule has 2 aromatic rings. The first-order valence-electron chi connectivity index (χ1n) is 8.90. The summed E-state index contributed by atoms with van der Waals surface area (Å²) in [6.07, 6.45) is 8.57. The molecule has 4 nitrogen and oxygen atoms in total. The standard InChI is InChI=1S/C21H21ClFN3O/c1-2-11-26(15-16-3-6-19(23)7-4-16)21(27)17-9-12-25(13-10-17)20-8-5-18(22)14-24-20/h1,3-8,14,17H,9-13,15H2. The number of aromatic nitrogens is 1. The van der Waals surface area contributed by atoms with E-state index in [0.29, 0.717) is 11.6 Å². The van der Waals surface area contributed by atoms with E-state index in [-0.39, 0.29) is 24.2 Å². The highest BCUT2D eigenvalue weighted by Gasteiger charge is 2.28. The van der Waals surface area contributed by atoms with Gasteiger partial charge in [0.15, 0.2) is 0 Å². The molecular formula is C21H21ClFN3O. The average molecular weight is 386 g/mol. The largest absolute Gasteiger partial charge is 0.357 e. The molecular weight excluding hydrogens is 365 g/mol. The Morgan fingerprint density at radius 2 is 1.96 bits per heavy atom. The molecule has 0 saturated carbocycles. The number of carbonyl (C=O) groups is 1. The topological polar surface area (TPSA) is 36.4 Å². The molecule has 1 saturated heterocycles. The van der Waals surface area contributed by atoms with Crippen LogP contribution in [0.5, 0.6) is 0 Å². The Morgan fingerprint density at radius 3 is 2.56 bits per heavy atom. The van der Waals surface area contributed by atoms with Crippen molar-refractivity contribution in [3.05, 3.63) is 59.0 Å². The maximum Gasteiger partial charge on any atom is 0.226 e. The van der Waals surface area contributed by atoms with E-state index in [1.54, 1.807) is 23.2 Å². The summed E-state index contributed by atoms with van der Waals surface area (Å²) in [5.41, 5.74) is 0.864. The van der Waals surface area contributed by atoms with Gasteiger partial charge in [-0.3, -0.25) is 4.79 Å². The number of anilines is 1. The maximum absolute atomic E-state index is 13.1. The van der Waals surface area contributed by atoms with E-state index in [4.69, 9.17) is 18.0 Å². The van der Waals surface area contributed by atoms with Crippen molar-refractivity contribution < 1.29 is 9.18 Å². The third-order valence-electron chi connectivity index (χ3n) is 4.76. The third-order valence-corrected chi connectivity index (χ3v) is 4.98. The first-order valence-corrected chi connectivity index (χ1v) is 9.28. The molecule has 0 atom stereocenters. The second-order valence-corrected chi connectivity index (χ2v) is 7.06. The molecule has 6 heteroatoms. The van der Waals surface area contributed by atoms with Crippen molar-refractivity contribution in [3.63, 3.8) is 0 Å². The number of amides is 1. The molecule has 1 amide bonds. The zero-order chi connectivity index (χ0) is 19.2. The molecule has 0 aliphatic carbocycles. The number of pyridine rings is 1. The summed E-state index contributed by atoms with van der Waals surface area (Å²) in [6.45, 7) is 2.15. The van der Waals surface area contributed by atoms with Gasteiger partial charge in [0, 0.05) is 31.7 Å². The predicted molar refractivity (Wildman–Crippen MR) is 105 cm³/mol. The fourth-order valence-corrected chi connectivity index (χ4v) is 3.41. The van der Waals surface area contributed by atoms with Gasteiger partial charge in [-0.25, -0.2) is 9.37 Å². The second kappa shape index (κ2) is 8.88. The monoisotopic (exact) mass is 385 g/mol. The highest BCUT2D eigenvalue weighted by Crippen LogP contribution is 2.24. The zero-order valence-corrected chi connectivity index (χ0v) is 15.7. The Labute approximate surface area is 164 Å². The van der Waals surface area contributed by atoms with E-state index in [2.05, 4.69) is 15.8 Å². The minimum Gasteiger partial charge on any atom is -0.357 e. The van der Waals surface area contributed by atoms with Crippen molar-refractivity contribution >= 4 is 23.3 Å². The summed E-state index contributed by atoms with van der Waals surface area (Å²) in [4.78, 5) is 21.1. The molecule has 3 rings (SSSR count). The Morgan fingerprint density at radius 1 is 1.26 bits per heavy atom. The number of rotatable bonds is 5. The summed E-state index contributed by atoms with van der Waals surface area (Å²) in [5.74, 6) is 3.12. The van der Waals surface area contributed by atoms with Gasteiger partial charge in [0.05, 0.1) is 11.6 Å². The van der Waals surface area contributed by atoms with Crippen LogP contribution in [-0.4, -0.2) is 35.4 Å². The van der Waals surface area contributed by atoms with Crippen LogP contribution in [0.15, 0.2) is 42.6 Å². The number of hydrogen-bond acceptors (Lipinski definition) is 3. The van der Waals surface area contributed by atoms with Crippen LogP contribution in [0.2, 0.25) is 5.02 Å². The van der Waals surface area contributed by atoms with Gasteiger partial charge in [-0.05, 0) is 42.7 Å². The fraction of sp³-hybridized carbons (Fsp3) is 0.333. The lowest BCUT2D eigenvalue weighted by Crippen LogP contribution is -2.42. The zero-order valence-electron chi connectivity index (χ0n) is 14.9. The van der Waals surface area contributed by atoms with Crippen molar-refractivity contribution in [2.45, 2.75) is 19.4 Å². The van der Waals surface area contributed by atoms with E-state index in [1.165, 1.54) is 12.1 Å². The van der Waals surface area contributed by atoms with Gasteiger partial charge in [0.2, 0.25) is 5.91 Å². The Hall–Kier alpha value is -2.58. The van der Waals surface area contributed by atoms with Gasteiger partial charge in [-0.1, -0.05) is 29.7 Å². The second-order valence-electron chi connectivity index (χ2n) is 6.62. The summed E-state index contributed by atoms with van der Waals surface area (Å²) in [6, 6.07) is 9.86. The van der Waals surface area contributed by atoms with Gasteiger partial charge in [0.1, 0.15) is 11.6 Å². The molecule has 0 N–H and O–H groups in total. The van der Waals surface area contributed by atoms with Crippen molar-refractivity contribution in [1.82, 2.24) is 9.88 Å². The molecule has 0 unspecified atom stereocenters. The van der Waals surface area contributed by atoms with Crippen molar-refractivity contribution in [3.8, 4) is 12.3 Å². The lowest BCUT2D eigenvalue weighted by molar-refractivity contribution is -0.136. The molecule has 1 aliphatic heterocycles. The quantitative estimate of drug-likeness (QED) is 0.735. The number of benzene rings is 1. The summed E-state index contributed by atoms with van der Waals surface area (Å²) in [5, 5.41) is 0.606. The number of halogens is 2. The van der Waals surface area contributed by atoms with Crippen LogP contribution in [0.4, 0.5) is 10.2 Å². The van der Waals surface area contributed by atoms with Crippen LogP contribution >= 0.6 is 11.6 Å². The van der Waals surface area contributed by atoms with Crippen molar-refractivity contribution in [2.24, 2.45) is 5.92 Å². The summed E-state index contributed by atoms with van der Waals surface area (Å²) in [7, 11) is 0. The predicted octanol–water partition coefficient (Wildman–Crippen LogP) is 3.75. The fourth-order valence-electron chi connectivity index (χ4n) is 3.30. The van der Waals surface area contributed by atoms with E-state index in [9.17, 15) is 9.18 Å². The van der Waals surface area contributed by atoms with E-state index in [0.717, 1.165) is 37.3 Å². The van der Waals surface area contributed by atoms with Crippen LogP contribution in [0.3, 0.4) is 0 Å². The first-order chi connectivity index (χ1) is 13.1. The van der Waals surface area contributed by atoms with Crippen LogP contribution < -0.4 is 4.90 Å². The number of piperidine rings is 1. The smallest absolute Gasteiger partial charge is 0.226 e. The molecule has 140 valence electrons. The molecule has 0 radical (unpaired) electrons. The molecule has 1 aromatic carbocycles. The molecule has 27 heavy (non-hydrogen) atoms. The Balaban J connectivity index is 1.61. The van der Waals surface area contributed by atoms with E-state index < -0.39 is 0 Å². The van der Waals surface area contributed by atoms with E-state index >= 15 is 0 Å². The van der Waals surface area contributed by atoms with Gasteiger partial charge in [0.25, 0.3) is 0 Å². The summed E-state index contributed by atoms with van der Waals surface area (Å²) >= 11 is 5.89. The SMILES string of the molecule is C#CCN(Cc1ccc(F)cc1)C(=O)C1CCN(c2ccc(Cl)cn2)CC1. The molecule has 1 aliphatic rings. The van der Waals surface area contributed by atoms with Gasteiger partial charge in [-0.15, -0.1) is 6.42 Å². The van der Waals surface area contributed by atoms with Crippen LogP contribution in [0.25, 0.3) is 0 Å². The lowest BCUT2D eigenvalue weighted by Gasteiger charge is -2.34. The summed E-state index contributed by atoms with van der Waals surface area (Å²) < 4.78 is 13.1. The molecule has 1 aromatic heterocycles. The number of carbonyl (C=O) groups excluding carboxylic acids is 1. The number of terminal acetylenes is 1. The Bertz CT molecular complexity index is 809. The minimum absolute atomic E-state index is 0.0565. The third kappa shape index (κ3) is 4.99. The van der Waals surface area contributed by atoms with E-state index in [1.807, 2.05) is 12.1 Å². The normalized spacial score (nSPS) is 14.6. The number of hydrogen-bond donors (Lipinski definition) is 0. The molecule has 2 heterocycles. The van der Waals surface area contributed by atoms with Crippen LogP contribution in [0.1, 0.15) is 18.4 Å². The molecule has 1 fully saturated rings. The van der Waals surface area contributed by atoms with Gasteiger partial charge < -0.3 is 9.80 Å².